The largest absolute Gasteiger partial charge is 0.373 e. The van der Waals surface area contributed by atoms with Crippen molar-refractivity contribution >= 4 is 52.1 Å². The van der Waals surface area contributed by atoms with Crippen LogP contribution in [-0.4, -0.2) is 40.1 Å². The SMILES string of the molecule is CNc1cc(-c2[nH]c(SC)nc2-c2cccc(NC(=O)c3cccc4c3NC(=O)c3ccccc3N4)c2)ccn1. The molecule has 0 atom stereocenters. The van der Waals surface area contributed by atoms with Crippen molar-refractivity contribution in [1.82, 2.24) is 15.0 Å². The van der Waals surface area contributed by atoms with Crippen LogP contribution < -0.4 is 21.3 Å². The van der Waals surface area contributed by atoms with E-state index in [2.05, 4.69) is 31.2 Å². The minimum atomic E-state index is -0.345. The second kappa shape index (κ2) is 10.6. The lowest BCUT2D eigenvalue weighted by atomic mass is 10.0. The monoisotopic (exact) mass is 547 g/mol. The van der Waals surface area contributed by atoms with Gasteiger partial charge in [-0.3, -0.25) is 9.59 Å². The highest BCUT2D eigenvalue weighted by molar-refractivity contribution is 7.98. The van der Waals surface area contributed by atoms with Gasteiger partial charge in [-0.15, -0.1) is 0 Å². The van der Waals surface area contributed by atoms with E-state index in [1.54, 1.807) is 30.5 Å². The zero-order chi connectivity index (χ0) is 27.6. The van der Waals surface area contributed by atoms with Crippen LogP contribution in [0.2, 0.25) is 0 Å². The fourth-order valence-corrected chi connectivity index (χ4v) is 5.01. The van der Waals surface area contributed by atoms with E-state index in [1.165, 1.54) is 11.8 Å². The minimum Gasteiger partial charge on any atom is -0.373 e. The predicted molar refractivity (Wildman–Crippen MR) is 161 cm³/mol. The number of benzene rings is 3. The van der Waals surface area contributed by atoms with Crippen LogP contribution in [0.3, 0.4) is 0 Å². The summed E-state index contributed by atoms with van der Waals surface area (Å²) in [5.41, 5.74) is 6.59. The molecule has 0 spiro atoms. The summed E-state index contributed by atoms with van der Waals surface area (Å²) in [4.78, 5) is 38.9. The van der Waals surface area contributed by atoms with E-state index < -0.39 is 0 Å². The zero-order valence-electron chi connectivity index (χ0n) is 21.7. The lowest BCUT2D eigenvalue weighted by Crippen LogP contribution is -2.17. The normalized spacial score (nSPS) is 11.9. The molecular weight excluding hydrogens is 522 g/mol. The summed E-state index contributed by atoms with van der Waals surface area (Å²) >= 11 is 1.52. The minimum absolute atomic E-state index is 0.280. The van der Waals surface area contributed by atoms with Gasteiger partial charge in [0.2, 0.25) is 0 Å². The number of carbonyl (C=O) groups is 2. The van der Waals surface area contributed by atoms with Crippen LogP contribution in [-0.2, 0) is 0 Å². The van der Waals surface area contributed by atoms with E-state index in [4.69, 9.17) is 4.98 Å². The van der Waals surface area contributed by atoms with Gasteiger partial charge in [0.25, 0.3) is 11.8 Å². The average molecular weight is 548 g/mol. The fraction of sp³-hybridized carbons (Fsp3) is 0.0667. The molecule has 1 aliphatic heterocycles. The Morgan fingerprint density at radius 3 is 2.58 bits per heavy atom. The van der Waals surface area contributed by atoms with Gasteiger partial charge in [-0.1, -0.05) is 42.1 Å². The van der Waals surface area contributed by atoms with E-state index in [0.29, 0.717) is 33.9 Å². The van der Waals surface area contributed by atoms with Crippen LogP contribution in [0.5, 0.6) is 0 Å². The number of para-hydroxylation sites is 2. The number of H-pyrrole nitrogens is 1. The summed E-state index contributed by atoms with van der Waals surface area (Å²) in [6, 6.07) is 24.0. The smallest absolute Gasteiger partial charge is 0.257 e. The molecule has 5 aromatic rings. The molecular formula is C30H25N7O2S. The Kier molecular flexibility index (Phi) is 6.67. The highest BCUT2D eigenvalue weighted by atomic mass is 32.2. The Hall–Kier alpha value is -5.09. The van der Waals surface area contributed by atoms with E-state index in [9.17, 15) is 9.59 Å². The van der Waals surface area contributed by atoms with Gasteiger partial charge in [-0.25, -0.2) is 9.97 Å². The second-order valence-corrected chi connectivity index (χ2v) is 9.83. The predicted octanol–water partition coefficient (Wildman–Crippen LogP) is 6.46. The molecule has 1 aliphatic rings. The van der Waals surface area contributed by atoms with E-state index in [-0.39, 0.29) is 11.8 Å². The topological polar surface area (TPSA) is 124 Å². The molecule has 5 N–H and O–H groups in total. The molecule has 0 fully saturated rings. The van der Waals surface area contributed by atoms with Crippen LogP contribution in [0.25, 0.3) is 22.5 Å². The van der Waals surface area contributed by atoms with Crippen molar-refractivity contribution in [3.05, 3.63) is 96.2 Å². The second-order valence-electron chi connectivity index (χ2n) is 9.04. The Labute approximate surface area is 234 Å². The number of rotatable bonds is 6. The zero-order valence-corrected chi connectivity index (χ0v) is 22.5. The number of aromatic nitrogens is 3. The van der Waals surface area contributed by atoms with E-state index in [1.807, 2.05) is 67.9 Å². The maximum atomic E-state index is 13.5. The average Bonchev–Trinajstić information content (AvgIpc) is 3.37. The molecule has 10 heteroatoms. The molecule has 9 nitrogen and oxygen atoms in total. The molecule has 2 aromatic heterocycles. The van der Waals surface area contributed by atoms with Crippen molar-refractivity contribution in [3.63, 3.8) is 0 Å². The molecule has 0 bridgehead atoms. The maximum Gasteiger partial charge on any atom is 0.257 e. The first kappa shape index (κ1) is 25.2. The molecule has 0 aliphatic carbocycles. The quantitative estimate of drug-likeness (QED) is 0.155. The maximum absolute atomic E-state index is 13.5. The molecule has 3 heterocycles. The summed E-state index contributed by atoms with van der Waals surface area (Å²) in [6.45, 7) is 0. The van der Waals surface area contributed by atoms with Gasteiger partial charge in [-0.2, -0.15) is 0 Å². The summed E-state index contributed by atoms with van der Waals surface area (Å²) in [6.07, 6.45) is 3.71. The molecule has 2 amide bonds. The van der Waals surface area contributed by atoms with Crippen LogP contribution in [0.15, 0.2) is 90.2 Å². The summed E-state index contributed by atoms with van der Waals surface area (Å²) in [5.74, 6) is 0.121. The third-order valence-corrected chi connectivity index (χ3v) is 7.14. The lowest BCUT2D eigenvalue weighted by Gasteiger charge is -2.14. The first-order chi connectivity index (χ1) is 19.5. The number of amides is 2. The number of anilines is 5. The summed E-state index contributed by atoms with van der Waals surface area (Å²) in [5, 5.41) is 13.0. The summed E-state index contributed by atoms with van der Waals surface area (Å²) < 4.78 is 0. The number of fused-ring (bicyclic) bond motifs is 2. The van der Waals surface area contributed by atoms with E-state index >= 15 is 0 Å². The molecule has 0 radical (unpaired) electrons. The Morgan fingerprint density at radius 1 is 0.900 bits per heavy atom. The van der Waals surface area contributed by atoms with Crippen molar-refractivity contribution in [2.75, 3.05) is 34.6 Å². The van der Waals surface area contributed by atoms with Gasteiger partial charge in [0.15, 0.2) is 5.16 Å². The number of imidazole rings is 1. The van der Waals surface area contributed by atoms with E-state index in [0.717, 1.165) is 33.5 Å². The van der Waals surface area contributed by atoms with Crippen LogP contribution >= 0.6 is 11.8 Å². The number of pyridine rings is 1. The van der Waals surface area contributed by atoms with Gasteiger partial charge >= 0.3 is 0 Å². The van der Waals surface area contributed by atoms with Crippen molar-refractivity contribution in [3.8, 4) is 22.5 Å². The van der Waals surface area contributed by atoms with Gasteiger partial charge in [0.05, 0.1) is 39.6 Å². The van der Waals surface area contributed by atoms with Crippen LogP contribution in [0.1, 0.15) is 20.7 Å². The third kappa shape index (κ3) is 4.76. The number of hydrogen-bond donors (Lipinski definition) is 5. The molecule has 0 unspecified atom stereocenters. The van der Waals surface area contributed by atoms with Gasteiger partial charge in [-0.05, 0) is 54.8 Å². The highest BCUT2D eigenvalue weighted by Crippen LogP contribution is 2.36. The Balaban J connectivity index is 1.32. The molecule has 0 saturated carbocycles. The number of carbonyl (C=O) groups excluding carboxylic acids is 2. The molecule has 6 rings (SSSR count). The standard InChI is InChI=1S/C30H25N7O2S/c1-31-24-16-18(13-14-32-24)26-25(36-30(37-26)40-2)17-7-5-8-19(15-17)33-29(39)21-10-6-12-23-27(21)35-28(38)20-9-3-4-11-22(20)34-23/h3-16,34H,1-2H3,(H,31,32)(H,33,39)(H,35,38)(H,36,37). The van der Waals surface area contributed by atoms with Gasteiger partial charge in [0, 0.05) is 30.1 Å². The summed E-state index contributed by atoms with van der Waals surface area (Å²) in [7, 11) is 1.82. The first-order valence-electron chi connectivity index (χ1n) is 12.5. The molecule has 0 saturated heterocycles. The number of thioether (sulfide) groups is 1. The number of hydrogen-bond acceptors (Lipinski definition) is 7. The fourth-order valence-electron chi connectivity index (χ4n) is 4.63. The Morgan fingerprint density at radius 2 is 1.73 bits per heavy atom. The van der Waals surface area contributed by atoms with Crippen LogP contribution in [0, 0.1) is 0 Å². The highest BCUT2D eigenvalue weighted by Gasteiger charge is 2.23. The van der Waals surface area contributed by atoms with Crippen molar-refractivity contribution in [2.24, 2.45) is 0 Å². The number of nitrogens with one attached hydrogen (secondary N) is 5. The van der Waals surface area contributed by atoms with Crippen molar-refractivity contribution < 1.29 is 9.59 Å². The van der Waals surface area contributed by atoms with Crippen LogP contribution in [0.4, 0.5) is 28.6 Å². The van der Waals surface area contributed by atoms with Gasteiger partial charge < -0.3 is 26.3 Å². The number of nitrogens with zero attached hydrogens (tertiary/aromatic N) is 2. The molecule has 40 heavy (non-hydrogen) atoms. The molecule has 198 valence electrons. The van der Waals surface area contributed by atoms with Gasteiger partial charge in [0.1, 0.15) is 5.82 Å². The van der Waals surface area contributed by atoms with Crippen molar-refractivity contribution in [1.29, 1.82) is 0 Å². The molecule has 3 aromatic carbocycles. The lowest BCUT2D eigenvalue weighted by molar-refractivity contribution is 0.102. The number of aromatic amines is 1. The van der Waals surface area contributed by atoms with Crippen molar-refractivity contribution in [2.45, 2.75) is 5.16 Å². The first-order valence-corrected chi connectivity index (χ1v) is 13.8. The Bertz CT molecular complexity index is 1770. The third-order valence-electron chi connectivity index (χ3n) is 6.56.